The van der Waals surface area contributed by atoms with Gasteiger partial charge < -0.3 is 4.90 Å². The first kappa shape index (κ1) is 27.0. The quantitative estimate of drug-likeness (QED) is 0.375. The van der Waals surface area contributed by atoms with Crippen molar-refractivity contribution < 1.29 is 13.2 Å². The number of thiazole rings is 1. The first-order valence-corrected chi connectivity index (χ1v) is 15.0. The first-order valence-electron chi connectivity index (χ1n) is 12.4. The second kappa shape index (κ2) is 11.6. The number of sulfonamides is 1. The zero-order chi connectivity index (χ0) is 25.9. The number of piperidine rings is 1. The summed E-state index contributed by atoms with van der Waals surface area (Å²) in [4.78, 5) is 22.9. The number of hydrogen-bond donors (Lipinski definition) is 0. The van der Waals surface area contributed by atoms with Gasteiger partial charge in [-0.1, -0.05) is 60.5 Å². The van der Waals surface area contributed by atoms with Crippen molar-refractivity contribution in [1.29, 1.82) is 0 Å². The van der Waals surface area contributed by atoms with E-state index in [2.05, 4.69) is 18.7 Å². The summed E-state index contributed by atoms with van der Waals surface area (Å²) in [6.07, 6.45) is 0.967. The Morgan fingerprint density at radius 2 is 1.75 bits per heavy atom. The SMILES string of the molecule is CCN(CC)CCN(C(=O)C1CCN(S(=O)(=O)c2ccc(C)cc2)CC1)c1nc2c(Cl)cccc2s1. The normalized spacial score (nSPS) is 15.6. The first-order chi connectivity index (χ1) is 17.2. The predicted octanol–water partition coefficient (Wildman–Crippen LogP) is 5.03. The Bertz CT molecular complexity index is 1300. The third-order valence-corrected chi connectivity index (χ3v) is 10.1. The highest BCUT2D eigenvalue weighted by Gasteiger charge is 2.35. The molecular formula is C26H33ClN4O3S2. The number of aryl methyl sites for hydroxylation is 1. The summed E-state index contributed by atoms with van der Waals surface area (Å²) >= 11 is 7.83. The Labute approximate surface area is 222 Å². The van der Waals surface area contributed by atoms with E-state index in [0.717, 1.165) is 29.9 Å². The monoisotopic (exact) mass is 548 g/mol. The Morgan fingerprint density at radius 3 is 2.36 bits per heavy atom. The van der Waals surface area contributed by atoms with Gasteiger partial charge in [-0.05, 0) is 57.1 Å². The van der Waals surface area contributed by atoms with E-state index in [9.17, 15) is 13.2 Å². The van der Waals surface area contributed by atoms with Crippen LogP contribution in [0.4, 0.5) is 5.13 Å². The van der Waals surface area contributed by atoms with Gasteiger partial charge in [-0.15, -0.1) is 0 Å². The smallest absolute Gasteiger partial charge is 0.243 e. The van der Waals surface area contributed by atoms with Crippen molar-refractivity contribution in [1.82, 2.24) is 14.2 Å². The van der Waals surface area contributed by atoms with Crippen LogP contribution in [0.15, 0.2) is 47.4 Å². The number of para-hydroxylation sites is 1. The fourth-order valence-corrected chi connectivity index (χ4v) is 7.29. The van der Waals surface area contributed by atoms with Gasteiger partial charge in [0.1, 0.15) is 5.52 Å². The van der Waals surface area contributed by atoms with Crippen molar-refractivity contribution in [2.45, 2.75) is 38.5 Å². The summed E-state index contributed by atoms with van der Waals surface area (Å²) in [6.45, 7) is 9.86. The maximum absolute atomic E-state index is 13.8. The van der Waals surface area contributed by atoms with E-state index in [-0.39, 0.29) is 11.8 Å². The minimum Gasteiger partial charge on any atom is -0.302 e. The molecule has 194 valence electrons. The maximum Gasteiger partial charge on any atom is 0.243 e. The topological polar surface area (TPSA) is 73.8 Å². The third-order valence-electron chi connectivity index (χ3n) is 6.85. The Balaban J connectivity index is 1.52. The molecular weight excluding hydrogens is 516 g/mol. The molecule has 1 amide bonds. The molecule has 1 aliphatic rings. The van der Waals surface area contributed by atoms with Gasteiger partial charge >= 0.3 is 0 Å². The van der Waals surface area contributed by atoms with Gasteiger partial charge in [0.15, 0.2) is 5.13 Å². The molecule has 0 spiro atoms. The number of hydrogen-bond acceptors (Lipinski definition) is 6. The molecule has 0 aliphatic carbocycles. The zero-order valence-electron chi connectivity index (χ0n) is 21.0. The molecule has 0 N–H and O–H groups in total. The second-order valence-electron chi connectivity index (χ2n) is 9.09. The highest BCUT2D eigenvalue weighted by atomic mass is 35.5. The molecule has 0 atom stereocenters. The van der Waals surface area contributed by atoms with Gasteiger partial charge in [-0.3, -0.25) is 9.69 Å². The van der Waals surface area contributed by atoms with Crippen LogP contribution in [-0.4, -0.2) is 67.8 Å². The molecule has 1 aromatic heterocycles. The Kier molecular flexibility index (Phi) is 8.67. The summed E-state index contributed by atoms with van der Waals surface area (Å²) in [5.41, 5.74) is 1.72. The number of likely N-dealkylation sites (N-methyl/N-ethyl adjacent to an activating group) is 1. The molecule has 4 rings (SSSR count). The zero-order valence-corrected chi connectivity index (χ0v) is 23.4. The number of anilines is 1. The van der Waals surface area contributed by atoms with Crippen molar-refractivity contribution in [3.63, 3.8) is 0 Å². The number of carbonyl (C=O) groups excluding carboxylic acids is 1. The second-order valence-corrected chi connectivity index (χ2v) is 12.4. The van der Waals surface area contributed by atoms with Crippen LogP contribution in [-0.2, 0) is 14.8 Å². The van der Waals surface area contributed by atoms with Crippen LogP contribution < -0.4 is 4.90 Å². The molecule has 3 aromatic rings. The number of fused-ring (bicyclic) bond motifs is 1. The summed E-state index contributed by atoms with van der Waals surface area (Å²) < 4.78 is 28.7. The van der Waals surface area contributed by atoms with E-state index < -0.39 is 10.0 Å². The average Bonchev–Trinajstić information content (AvgIpc) is 3.32. The van der Waals surface area contributed by atoms with Crippen LogP contribution in [0.1, 0.15) is 32.3 Å². The number of nitrogens with zero attached hydrogens (tertiary/aromatic N) is 4. The minimum absolute atomic E-state index is 0.00437. The fraction of sp³-hybridized carbons (Fsp3) is 0.462. The fourth-order valence-electron chi connectivity index (χ4n) is 4.52. The van der Waals surface area contributed by atoms with Crippen molar-refractivity contribution >= 4 is 54.2 Å². The molecule has 0 saturated carbocycles. The van der Waals surface area contributed by atoms with Gasteiger partial charge in [0.25, 0.3) is 0 Å². The lowest BCUT2D eigenvalue weighted by Crippen LogP contribution is -2.46. The van der Waals surface area contributed by atoms with Crippen LogP contribution in [0.3, 0.4) is 0 Å². The number of carbonyl (C=O) groups is 1. The van der Waals surface area contributed by atoms with Crippen LogP contribution in [0.2, 0.25) is 5.02 Å². The van der Waals surface area contributed by atoms with Crippen molar-refractivity contribution in [2.24, 2.45) is 5.92 Å². The van der Waals surface area contributed by atoms with Gasteiger partial charge in [0, 0.05) is 32.1 Å². The van der Waals surface area contributed by atoms with E-state index in [0.29, 0.717) is 53.0 Å². The molecule has 10 heteroatoms. The third kappa shape index (κ3) is 5.75. The van der Waals surface area contributed by atoms with Crippen LogP contribution in [0, 0.1) is 12.8 Å². The molecule has 1 saturated heterocycles. The lowest BCUT2D eigenvalue weighted by atomic mass is 9.96. The molecule has 2 heterocycles. The van der Waals surface area contributed by atoms with Crippen molar-refractivity contribution in [2.75, 3.05) is 44.2 Å². The Hall–Kier alpha value is -2.04. The molecule has 0 bridgehead atoms. The van der Waals surface area contributed by atoms with Gasteiger partial charge in [-0.2, -0.15) is 4.31 Å². The minimum atomic E-state index is -3.57. The lowest BCUT2D eigenvalue weighted by molar-refractivity contribution is -0.123. The van der Waals surface area contributed by atoms with Gasteiger partial charge in [-0.25, -0.2) is 13.4 Å². The number of amides is 1. The van der Waals surface area contributed by atoms with Crippen molar-refractivity contribution in [3.05, 3.63) is 53.1 Å². The molecule has 2 aromatic carbocycles. The molecule has 36 heavy (non-hydrogen) atoms. The van der Waals surface area contributed by atoms with E-state index in [1.54, 1.807) is 35.2 Å². The standard InChI is InChI=1S/C26H33ClN4O3S2/c1-4-29(5-2)17-18-31(26-28-24-22(27)7-6-8-23(24)35-26)25(32)20-13-15-30(16-14-20)36(33,34)21-11-9-19(3)10-12-21/h6-12,20H,4-5,13-18H2,1-3H3. The summed E-state index contributed by atoms with van der Waals surface area (Å²) in [5.74, 6) is -0.252. The highest BCUT2D eigenvalue weighted by molar-refractivity contribution is 7.89. The van der Waals surface area contributed by atoms with Crippen molar-refractivity contribution in [3.8, 4) is 0 Å². The molecule has 0 unspecified atom stereocenters. The van der Waals surface area contributed by atoms with Gasteiger partial charge in [0.05, 0.1) is 14.6 Å². The lowest BCUT2D eigenvalue weighted by Gasteiger charge is -2.33. The van der Waals surface area contributed by atoms with E-state index >= 15 is 0 Å². The number of aromatic nitrogens is 1. The average molecular weight is 549 g/mol. The highest BCUT2D eigenvalue weighted by Crippen LogP contribution is 2.34. The molecule has 1 fully saturated rings. The Morgan fingerprint density at radius 1 is 1.08 bits per heavy atom. The van der Waals surface area contributed by atoms with Gasteiger partial charge in [0.2, 0.25) is 15.9 Å². The maximum atomic E-state index is 13.8. The molecule has 7 nitrogen and oxygen atoms in total. The number of rotatable bonds is 9. The predicted molar refractivity (Wildman–Crippen MR) is 147 cm³/mol. The summed E-state index contributed by atoms with van der Waals surface area (Å²) in [5, 5.41) is 1.21. The number of benzene rings is 2. The largest absolute Gasteiger partial charge is 0.302 e. The van der Waals surface area contributed by atoms with E-state index in [4.69, 9.17) is 16.6 Å². The molecule has 1 aliphatic heterocycles. The summed E-state index contributed by atoms with van der Waals surface area (Å²) in [7, 11) is -3.57. The van der Waals surface area contributed by atoms with Crippen LogP contribution in [0.25, 0.3) is 10.2 Å². The van der Waals surface area contributed by atoms with Crippen LogP contribution >= 0.6 is 22.9 Å². The van der Waals surface area contributed by atoms with Crippen LogP contribution in [0.5, 0.6) is 0 Å². The summed E-state index contributed by atoms with van der Waals surface area (Å²) in [6, 6.07) is 12.6. The molecule has 0 radical (unpaired) electrons. The number of halogens is 1. The van der Waals surface area contributed by atoms with E-state index in [1.807, 2.05) is 19.1 Å². The van der Waals surface area contributed by atoms with E-state index in [1.165, 1.54) is 15.6 Å².